The maximum atomic E-state index is 13.6. The van der Waals surface area contributed by atoms with Gasteiger partial charge in [0.05, 0.1) is 0 Å². The molecular weight excluding hydrogens is 328 g/mol. The molecule has 0 fully saturated rings. The Bertz CT molecular complexity index is 815. The molecule has 1 unspecified atom stereocenters. The zero-order valence-electron chi connectivity index (χ0n) is 14.0. The van der Waals surface area contributed by atoms with Crippen LogP contribution in [-0.4, -0.2) is 6.54 Å². The van der Waals surface area contributed by atoms with Gasteiger partial charge in [0.25, 0.3) is 0 Å². The zero-order chi connectivity index (χ0) is 17.5. The van der Waals surface area contributed by atoms with Gasteiger partial charge in [0.15, 0.2) is 11.6 Å². The first-order valence-electron chi connectivity index (χ1n) is 8.09. The molecule has 0 spiro atoms. The van der Waals surface area contributed by atoms with Crippen molar-refractivity contribution in [2.75, 3.05) is 11.4 Å². The molecule has 1 atom stereocenters. The van der Waals surface area contributed by atoms with Gasteiger partial charge in [0.1, 0.15) is 0 Å². The summed E-state index contributed by atoms with van der Waals surface area (Å²) in [5, 5.41) is 0.679. The highest BCUT2D eigenvalue weighted by molar-refractivity contribution is 6.30. The largest absolute Gasteiger partial charge is 0.345 e. The highest BCUT2D eigenvalue weighted by atomic mass is 35.5. The van der Waals surface area contributed by atoms with Crippen molar-refractivity contribution in [3.63, 3.8) is 0 Å². The molecule has 0 aliphatic carbocycles. The number of allylic oxidation sites excluding steroid dienone is 2. The number of hydrogen-bond acceptors (Lipinski definition) is 1. The minimum Gasteiger partial charge on any atom is -0.345 e. The molecule has 4 heteroatoms. The lowest BCUT2D eigenvalue weighted by atomic mass is 9.76. The predicted molar refractivity (Wildman–Crippen MR) is 95.6 cm³/mol. The third-order valence-electron chi connectivity index (χ3n) is 4.83. The van der Waals surface area contributed by atoms with Crippen LogP contribution in [0.2, 0.25) is 5.02 Å². The SMILES string of the molecule is C/C=C1\N(CC)c2ccc(Cl)cc2C1(C)Cc1ccc(F)c(F)c1. The van der Waals surface area contributed by atoms with Gasteiger partial charge in [-0.15, -0.1) is 0 Å². The van der Waals surface area contributed by atoms with Crippen molar-refractivity contribution in [3.05, 3.63) is 76.0 Å². The van der Waals surface area contributed by atoms with Crippen LogP contribution in [-0.2, 0) is 11.8 Å². The van der Waals surface area contributed by atoms with Crippen LogP contribution in [0.15, 0.2) is 48.2 Å². The smallest absolute Gasteiger partial charge is 0.159 e. The number of rotatable bonds is 3. The summed E-state index contributed by atoms with van der Waals surface area (Å²) in [6.45, 7) is 7.08. The lowest BCUT2D eigenvalue weighted by molar-refractivity contribution is 0.502. The van der Waals surface area contributed by atoms with Gasteiger partial charge in [0.2, 0.25) is 0 Å². The molecule has 0 saturated carbocycles. The fourth-order valence-corrected chi connectivity index (χ4v) is 3.98. The summed E-state index contributed by atoms with van der Waals surface area (Å²) in [7, 11) is 0. The van der Waals surface area contributed by atoms with Gasteiger partial charge in [-0.05, 0) is 68.7 Å². The van der Waals surface area contributed by atoms with Crippen LogP contribution in [0.4, 0.5) is 14.5 Å². The molecule has 1 heterocycles. The van der Waals surface area contributed by atoms with Gasteiger partial charge < -0.3 is 4.90 Å². The second-order valence-electron chi connectivity index (χ2n) is 6.34. The van der Waals surface area contributed by atoms with E-state index in [0.717, 1.165) is 29.1 Å². The molecule has 2 aromatic rings. The second-order valence-corrected chi connectivity index (χ2v) is 6.77. The van der Waals surface area contributed by atoms with Crippen LogP contribution < -0.4 is 4.90 Å². The van der Waals surface area contributed by atoms with Gasteiger partial charge in [-0.2, -0.15) is 0 Å². The van der Waals surface area contributed by atoms with Gasteiger partial charge >= 0.3 is 0 Å². The minimum absolute atomic E-state index is 0.338. The summed E-state index contributed by atoms with van der Waals surface area (Å²) >= 11 is 6.23. The van der Waals surface area contributed by atoms with Crippen molar-refractivity contribution in [1.29, 1.82) is 0 Å². The van der Waals surface area contributed by atoms with Crippen LogP contribution in [0.5, 0.6) is 0 Å². The summed E-state index contributed by atoms with van der Waals surface area (Å²) in [5.74, 6) is -1.63. The number of hydrogen-bond donors (Lipinski definition) is 0. The van der Waals surface area contributed by atoms with E-state index in [1.165, 1.54) is 12.1 Å². The van der Waals surface area contributed by atoms with Gasteiger partial charge in [-0.3, -0.25) is 0 Å². The molecule has 1 aliphatic rings. The minimum atomic E-state index is -0.819. The Morgan fingerprint density at radius 3 is 2.50 bits per heavy atom. The summed E-state index contributed by atoms with van der Waals surface area (Å²) in [5.41, 5.74) is 3.83. The number of nitrogens with zero attached hydrogens (tertiary/aromatic N) is 1. The Morgan fingerprint density at radius 2 is 1.88 bits per heavy atom. The van der Waals surface area contributed by atoms with E-state index in [4.69, 9.17) is 11.6 Å². The Kier molecular flexibility index (Phi) is 4.39. The second kappa shape index (κ2) is 6.21. The van der Waals surface area contributed by atoms with E-state index >= 15 is 0 Å². The van der Waals surface area contributed by atoms with Gasteiger partial charge in [-0.1, -0.05) is 23.7 Å². The van der Waals surface area contributed by atoms with E-state index in [1.807, 2.05) is 25.1 Å². The van der Waals surface area contributed by atoms with E-state index in [9.17, 15) is 8.78 Å². The molecule has 24 heavy (non-hydrogen) atoms. The molecule has 3 rings (SSSR count). The summed E-state index contributed by atoms with van der Waals surface area (Å²) in [6.07, 6.45) is 2.67. The third kappa shape index (κ3) is 2.61. The summed E-state index contributed by atoms with van der Waals surface area (Å²) < 4.78 is 26.9. The van der Waals surface area contributed by atoms with E-state index in [2.05, 4.69) is 24.8 Å². The zero-order valence-corrected chi connectivity index (χ0v) is 14.8. The van der Waals surface area contributed by atoms with Gasteiger partial charge in [0, 0.05) is 28.4 Å². The topological polar surface area (TPSA) is 3.24 Å². The standard InChI is InChI=1S/C20H20ClF2N/c1-4-19-20(3,12-13-6-8-16(22)17(23)10-13)15-11-14(21)7-9-18(15)24(19)5-2/h4,6-11H,5,12H2,1-3H3/b19-4-. The van der Waals surface area contributed by atoms with E-state index in [1.54, 1.807) is 6.07 Å². The molecule has 2 aromatic carbocycles. The van der Waals surface area contributed by atoms with E-state index in [0.29, 0.717) is 11.4 Å². The molecule has 0 N–H and O–H groups in total. The van der Waals surface area contributed by atoms with Crippen molar-refractivity contribution in [1.82, 2.24) is 0 Å². The molecule has 0 bridgehead atoms. The Hall–Kier alpha value is -1.87. The highest BCUT2D eigenvalue weighted by Gasteiger charge is 2.42. The molecule has 0 aromatic heterocycles. The Morgan fingerprint density at radius 1 is 1.12 bits per heavy atom. The molecule has 0 saturated heterocycles. The predicted octanol–water partition coefficient (Wildman–Crippen LogP) is 5.86. The van der Waals surface area contributed by atoms with E-state index < -0.39 is 11.6 Å². The maximum absolute atomic E-state index is 13.6. The molecule has 0 amide bonds. The molecular formula is C20H20ClF2N. The molecule has 126 valence electrons. The summed E-state index contributed by atoms with van der Waals surface area (Å²) in [6, 6.07) is 10.0. The quantitative estimate of drug-likeness (QED) is 0.672. The average molecular weight is 348 g/mol. The Labute approximate surface area is 146 Å². The van der Waals surface area contributed by atoms with Crippen molar-refractivity contribution in [2.24, 2.45) is 0 Å². The molecule has 1 aliphatic heterocycles. The van der Waals surface area contributed by atoms with E-state index in [-0.39, 0.29) is 5.41 Å². The van der Waals surface area contributed by atoms with Crippen LogP contribution >= 0.6 is 11.6 Å². The first-order chi connectivity index (χ1) is 11.4. The lowest BCUT2D eigenvalue weighted by Gasteiger charge is -2.30. The summed E-state index contributed by atoms with van der Waals surface area (Å²) in [4.78, 5) is 2.26. The molecule has 0 radical (unpaired) electrons. The Balaban J connectivity index is 2.13. The van der Waals surface area contributed by atoms with Crippen LogP contribution in [0.1, 0.15) is 31.9 Å². The monoisotopic (exact) mass is 347 g/mol. The first kappa shape index (κ1) is 17.0. The normalized spacial score (nSPS) is 21.4. The van der Waals surface area contributed by atoms with Crippen LogP contribution in [0, 0.1) is 11.6 Å². The van der Waals surface area contributed by atoms with Crippen molar-refractivity contribution >= 4 is 17.3 Å². The van der Waals surface area contributed by atoms with Crippen LogP contribution in [0.3, 0.4) is 0 Å². The highest BCUT2D eigenvalue weighted by Crippen LogP contribution is 2.50. The van der Waals surface area contributed by atoms with Crippen molar-refractivity contribution < 1.29 is 8.78 Å². The van der Waals surface area contributed by atoms with Crippen molar-refractivity contribution in [2.45, 2.75) is 32.6 Å². The fourth-order valence-electron chi connectivity index (χ4n) is 3.81. The third-order valence-corrected chi connectivity index (χ3v) is 5.07. The number of likely N-dealkylation sites (N-methyl/N-ethyl adjacent to an activating group) is 1. The average Bonchev–Trinajstić information content (AvgIpc) is 2.78. The van der Waals surface area contributed by atoms with Crippen LogP contribution in [0.25, 0.3) is 0 Å². The maximum Gasteiger partial charge on any atom is 0.159 e. The fraction of sp³-hybridized carbons (Fsp3) is 0.300. The van der Waals surface area contributed by atoms with Gasteiger partial charge in [-0.25, -0.2) is 8.78 Å². The molecule has 1 nitrogen and oxygen atoms in total. The van der Waals surface area contributed by atoms with Crippen molar-refractivity contribution in [3.8, 4) is 0 Å². The number of anilines is 1. The number of benzene rings is 2. The number of halogens is 3. The lowest BCUT2D eigenvalue weighted by Crippen LogP contribution is -2.30. The first-order valence-corrected chi connectivity index (χ1v) is 8.46. The number of fused-ring (bicyclic) bond motifs is 1.